The number of para-hydroxylation sites is 1. The van der Waals surface area contributed by atoms with Gasteiger partial charge in [-0.25, -0.2) is 9.97 Å². The lowest BCUT2D eigenvalue weighted by Gasteiger charge is -2.24. The summed E-state index contributed by atoms with van der Waals surface area (Å²) in [5, 5.41) is 36.6. The minimum Gasteiger partial charge on any atom is -0.396 e. The van der Waals surface area contributed by atoms with Crippen molar-refractivity contribution in [3.63, 3.8) is 0 Å². The van der Waals surface area contributed by atoms with Gasteiger partial charge in [-0.3, -0.25) is 0 Å². The summed E-state index contributed by atoms with van der Waals surface area (Å²) in [5.41, 5.74) is 2.45. The SMILES string of the molecule is Cc1ccc(C(Nc2nc(C)c(-c3nc4ccccc4s3)c(NC3CC(CO)C(O)C3O)n2)C(F)(F)F)cc1. The Hall–Kier alpha value is -3.32. The van der Waals surface area contributed by atoms with Crippen LogP contribution in [-0.2, 0) is 0 Å². The number of aryl methyl sites for hydroxylation is 2. The van der Waals surface area contributed by atoms with Crippen LogP contribution in [0, 0.1) is 19.8 Å². The summed E-state index contributed by atoms with van der Waals surface area (Å²) in [6.07, 6.45) is -6.77. The Morgan fingerprint density at radius 2 is 1.72 bits per heavy atom. The molecule has 1 aliphatic rings. The molecule has 1 aliphatic carbocycles. The minimum absolute atomic E-state index is 0.0132. The Bertz CT molecular complexity index is 1430. The number of rotatable bonds is 7. The van der Waals surface area contributed by atoms with Crippen LogP contribution in [0.2, 0.25) is 0 Å². The van der Waals surface area contributed by atoms with Gasteiger partial charge in [0.1, 0.15) is 16.9 Å². The molecule has 0 bridgehead atoms. The van der Waals surface area contributed by atoms with Crippen molar-refractivity contribution in [2.75, 3.05) is 17.2 Å². The molecular weight excluding hydrogens is 531 g/mol. The number of alkyl halides is 3. The zero-order valence-corrected chi connectivity index (χ0v) is 22.0. The largest absolute Gasteiger partial charge is 0.412 e. The molecule has 206 valence electrons. The molecule has 5 atom stereocenters. The van der Waals surface area contributed by atoms with E-state index in [-0.39, 0.29) is 30.4 Å². The summed E-state index contributed by atoms with van der Waals surface area (Å²) in [5.74, 6) is -0.640. The maximum Gasteiger partial charge on any atom is 0.412 e. The smallest absolute Gasteiger partial charge is 0.396 e. The number of hydrogen-bond acceptors (Lipinski definition) is 9. The summed E-state index contributed by atoms with van der Waals surface area (Å²) in [6, 6.07) is 10.8. The van der Waals surface area contributed by atoms with Crippen molar-refractivity contribution in [1.82, 2.24) is 15.0 Å². The number of aliphatic hydroxyl groups is 3. The number of aliphatic hydroxyl groups excluding tert-OH is 3. The van der Waals surface area contributed by atoms with Crippen LogP contribution in [0.4, 0.5) is 24.9 Å². The van der Waals surface area contributed by atoms with Crippen LogP contribution < -0.4 is 10.6 Å². The quantitative estimate of drug-likeness (QED) is 0.223. The fourth-order valence-corrected chi connectivity index (χ4v) is 5.91. The molecule has 12 heteroatoms. The van der Waals surface area contributed by atoms with Gasteiger partial charge in [0.05, 0.1) is 33.6 Å². The van der Waals surface area contributed by atoms with E-state index in [2.05, 4.69) is 25.6 Å². The molecule has 0 saturated heterocycles. The van der Waals surface area contributed by atoms with Crippen LogP contribution in [0.1, 0.15) is 29.3 Å². The summed E-state index contributed by atoms with van der Waals surface area (Å²) in [6.45, 7) is 3.13. The molecule has 2 aromatic heterocycles. The van der Waals surface area contributed by atoms with E-state index < -0.39 is 36.4 Å². The molecule has 39 heavy (non-hydrogen) atoms. The molecule has 2 heterocycles. The number of anilines is 2. The van der Waals surface area contributed by atoms with E-state index in [1.807, 2.05) is 24.3 Å². The highest BCUT2D eigenvalue weighted by Gasteiger charge is 2.43. The second-order valence-electron chi connectivity index (χ2n) is 9.78. The van der Waals surface area contributed by atoms with Crippen LogP contribution in [0.15, 0.2) is 48.5 Å². The summed E-state index contributed by atoms with van der Waals surface area (Å²) in [4.78, 5) is 13.5. The monoisotopic (exact) mass is 559 g/mol. The highest BCUT2D eigenvalue weighted by molar-refractivity contribution is 7.21. The second-order valence-corrected chi connectivity index (χ2v) is 10.8. The zero-order chi connectivity index (χ0) is 27.9. The summed E-state index contributed by atoms with van der Waals surface area (Å²) < 4.78 is 43.3. The molecule has 1 fully saturated rings. The molecule has 4 aromatic rings. The third kappa shape index (κ3) is 5.55. The Balaban J connectivity index is 1.57. The molecular formula is C27H28F3N5O3S. The van der Waals surface area contributed by atoms with Gasteiger partial charge < -0.3 is 26.0 Å². The first kappa shape index (κ1) is 27.3. The van der Waals surface area contributed by atoms with Crippen molar-refractivity contribution in [3.8, 4) is 10.6 Å². The molecule has 0 amide bonds. The first-order valence-corrected chi connectivity index (χ1v) is 13.2. The average Bonchev–Trinajstić information content (AvgIpc) is 3.43. The predicted octanol–water partition coefficient (Wildman–Crippen LogP) is 4.60. The normalized spacial score (nSPS) is 22.3. The molecule has 5 unspecified atom stereocenters. The minimum atomic E-state index is -4.63. The molecule has 0 aliphatic heterocycles. The number of nitrogens with zero attached hydrogens (tertiary/aromatic N) is 3. The molecule has 8 nitrogen and oxygen atoms in total. The van der Waals surface area contributed by atoms with Gasteiger partial charge in [0.15, 0.2) is 6.04 Å². The third-order valence-electron chi connectivity index (χ3n) is 6.97. The highest BCUT2D eigenvalue weighted by atomic mass is 32.1. The van der Waals surface area contributed by atoms with Gasteiger partial charge in [0.2, 0.25) is 5.95 Å². The van der Waals surface area contributed by atoms with Gasteiger partial charge in [-0.15, -0.1) is 11.3 Å². The molecule has 2 aromatic carbocycles. The van der Waals surface area contributed by atoms with Crippen molar-refractivity contribution in [2.45, 2.75) is 50.7 Å². The number of thiazole rings is 1. The van der Waals surface area contributed by atoms with Gasteiger partial charge in [-0.1, -0.05) is 42.0 Å². The van der Waals surface area contributed by atoms with Gasteiger partial charge in [-0.05, 0) is 38.0 Å². The van der Waals surface area contributed by atoms with E-state index in [4.69, 9.17) is 0 Å². The first-order valence-electron chi connectivity index (χ1n) is 12.4. The van der Waals surface area contributed by atoms with E-state index in [0.717, 1.165) is 15.8 Å². The highest BCUT2D eigenvalue weighted by Crippen LogP contribution is 2.40. The number of fused-ring (bicyclic) bond motifs is 1. The van der Waals surface area contributed by atoms with Gasteiger partial charge in [0, 0.05) is 12.5 Å². The number of benzene rings is 2. The zero-order valence-electron chi connectivity index (χ0n) is 21.1. The maximum absolute atomic E-state index is 14.1. The van der Waals surface area contributed by atoms with E-state index in [9.17, 15) is 28.5 Å². The fraction of sp³-hybridized carbons (Fsp3) is 0.370. The lowest BCUT2D eigenvalue weighted by molar-refractivity contribution is -0.144. The van der Waals surface area contributed by atoms with Gasteiger partial charge in [0.25, 0.3) is 0 Å². The van der Waals surface area contributed by atoms with Crippen LogP contribution in [0.3, 0.4) is 0 Å². The van der Waals surface area contributed by atoms with Crippen LogP contribution >= 0.6 is 11.3 Å². The van der Waals surface area contributed by atoms with E-state index in [0.29, 0.717) is 16.3 Å². The van der Waals surface area contributed by atoms with E-state index in [1.54, 1.807) is 26.0 Å². The van der Waals surface area contributed by atoms with E-state index in [1.165, 1.54) is 23.5 Å². The average molecular weight is 560 g/mol. The lowest BCUT2D eigenvalue weighted by Crippen LogP contribution is -2.36. The van der Waals surface area contributed by atoms with E-state index >= 15 is 0 Å². The Labute approximate surface area is 226 Å². The number of hydrogen-bond donors (Lipinski definition) is 5. The third-order valence-corrected chi connectivity index (χ3v) is 8.02. The Morgan fingerprint density at radius 1 is 1.00 bits per heavy atom. The lowest BCUT2D eigenvalue weighted by atomic mass is 10.0. The summed E-state index contributed by atoms with van der Waals surface area (Å²) >= 11 is 1.38. The number of aromatic nitrogens is 3. The molecule has 0 spiro atoms. The topological polar surface area (TPSA) is 123 Å². The molecule has 5 rings (SSSR count). The van der Waals surface area contributed by atoms with Crippen molar-refractivity contribution >= 4 is 33.3 Å². The van der Waals surface area contributed by atoms with Crippen LogP contribution in [0.5, 0.6) is 0 Å². The Kier molecular flexibility index (Phi) is 7.47. The fourth-order valence-electron chi connectivity index (χ4n) is 4.84. The predicted molar refractivity (Wildman–Crippen MR) is 144 cm³/mol. The second kappa shape index (κ2) is 10.7. The first-order chi connectivity index (χ1) is 18.5. The van der Waals surface area contributed by atoms with Crippen LogP contribution in [-0.4, -0.2) is 61.3 Å². The number of nitrogens with one attached hydrogen (secondary N) is 2. The molecule has 1 saturated carbocycles. The molecule has 0 radical (unpaired) electrons. The van der Waals surface area contributed by atoms with Crippen molar-refractivity contribution in [2.24, 2.45) is 5.92 Å². The van der Waals surface area contributed by atoms with Crippen LogP contribution in [0.25, 0.3) is 20.8 Å². The van der Waals surface area contributed by atoms with Gasteiger partial charge >= 0.3 is 6.18 Å². The molecule has 5 N–H and O–H groups in total. The summed E-state index contributed by atoms with van der Waals surface area (Å²) in [7, 11) is 0. The maximum atomic E-state index is 14.1. The van der Waals surface area contributed by atoms with Crippen molar-refractivity contribution < 1.29 is 28.5 Å². The standard InChI is InChI=1S/C27H28F3N5O3S/c1-13-7-9-15(10-8-13)23(27(28,29)30)34-26-31-14(2)20(25-33-17-5-3-4-6-19(17)39-25)24(35-26)32-18-11-16(12-36)21(37)22(18)38/h3-10,16,18,21-23,36-38H,11-12H2,1-2H3,(H2,31,32,34,35). The van der Waals surface area contributed by atoms with Crippen molar-refractivity contribution in [1.29, 1.82) is 0 Å². The number of halogens is 3. The Morgan fingerprint density at radius 3 is 2.36 bits per heavy atom. The van der Waals surface area contributed by atoms with Crippen molar-refractivity contribution in [3.05, 3.63) is 65.4 Å². The van der Waals surface area contributed by atoms with Gasteiger partial charge in [-0.2, -0.15) is 18.2 Å².